The summed E-state index contributed by atoms with van der Waals surface area (Å²) in [7, 11) is 0. The summed E-state index contributed by atoms with van der Waals surface area (Å²) in [5.41, 5.74) is 10.5. The van der Waals surface area contributed by atoms with Crippen LogP contribution in [0.5, 0.6) is 0 Å². The van der Waals surface area contributed by atoms with Gasteiger partial charge in [-0.1, -0.05) is 19.0 Å². The van der Waals surface area contributed by atoms with Crippen molar-refractivity contribution >= 4 is 12.2 Å². The van der Waals surface area contributed by atoms with Crippen LogP contribution in [0.25, 0.3) is 0 Å². The lowest BCUT2D eigenvalue weighted by molar-refractivity contribution is -0.207. The van der Waals surface area contributed by atoms with Crippen molar-refractivity contribution < 1.29 is 14.7 Å². The number of nitrogens with one attached hydrogen (secondary N) is 2. The largest absolute Gasteiger partial charge is 0.394 e. The van der Waals surface area contributed by atoms with E-state index in [1.54, 1.807) is 0 Å². The molecule has 4 aliphatic carbocycles. The van der Waals surface area contributed by atoms with E-state index >= 15 is 0 Å². The number of rotatable bonds is 9. The van der Waals surface area contributed by atoms with Crippen LogP contribution in [0.1, 0.15) is 78.1 Å². The molecule has 4 saturated carbocycles. The minimum Gasteiger partial charge on any atom is -0.394 e. The fourth-order valence-corrected chi connectivity index (χ4v) is 8.35. The van der Waals surface area contributed by atoms with E-state index in [1.165, 1.54) is 25.7 Å². The molecule has 0 bridgehead atoms. The minimum absolute atomic E-state index is 0.0614. The molecule has 8 heteroatoms. The Balaban J connectivity index is 1.39. The monoisotopic (exact) mass is 477 g/mol. The molecule has 0 aliphatic heterocycles. The topological polar surface area (TPSA) is 139 Å². The Kier molecular flexibility index (Phi) is 7.80. The van der Waals surface area contributed by atoms with Crippen molar-refractivity contribution in [2.45, 2.75) is 89.8 Å². The number of fused-ring (bicyclic) bond motifs is 5. The van der Waals surface area contributed by atoms with Crippen LogP contribution < -0.4 is 16.8 Å². The summed E-state index contributed by atoms with van der Waals surface area (Å²) in [6, 6.07) is 0. The zero-order valence-electron chi connectivity index (χ0n) is 21.2. The van der Waals surface area contributed by atoms with E-state index in [0.717, 1.165) is 45.1 Å². The highest BCUT2D eigenvalue weighted by atomic mass is 16.6. The van der Waals surface area contributed by atoms with Crippen LogP contribution in [0.15, 0.2) is 5.16 Å². The molecule has 34 heavy (non-hydrogen) atoms. The van der Waals surface area contributed by atoms with E-state index in [9.17, 15) is 5.11 Å². The molecular weight excluding hydrogens is 430 g/mol. The van der Waals surface area contributed by atoms with E-state index in [1.807, 2.05) is 6.21 Å². The Morgan fingerprint density at radius 2 is 1.94 bits per heavy atom. The molecule has 4 rings (SSSR count). The number of ether oxygens (including phenoxy) is 1. The predicted octanol–water partition coefficient (Wildman–Crippen LogP) is 2.98. The van der Waals surface area contributed by atoms with Crippen LogP contribution in [0.3, 0.4) is 0 Å². The normalized spacial score (nSPS) is 43.7. The Hall–Kier alpha value is -1.38. The Morgan fingerprint density at radius 3 is 2.71 bits per heavy atom. The maximum Gasteiger partial charge on any atom is 0.185 e. The van der Waals surface area contributed by atoms with Gasteiger partial charge in [0.15, 0.2) is 5.96 Å². The maximum absolute atomic E-state index is 12.3. The molecule has 8 atom stereocenters. The van der Waals surface area contributed by atoms with Crippen LogP contribution in [0.4, 0.5) is 0 Å². The number of hydrogen-bond donors (Lipinski definition) is 5. The standard InChI is InChI=1S/C26H47N5O3/c1-24-9-7-20(33-14-3-12-27)16-18(24)4-5-22-21(24)8-10-25(2)19(6-11-26(22,25)32)17-31-34-15-13-30-23(28)29/h17-22,32H,3-16,27H2,1-2H3,(H4,28,29,30)/b31-17+/t18-,19-,20+,21+,22-,24+,25-,26+/m1/s1. The molecular formula is C26H47N5O3. The first-order valence-electron chi connectivity index (χ1n) is 13.5. The molecule has 4 aliphatic rings. The van der Waals surface area contributed by atoms with Crippen LogP contribution >= 0.6 is 0 Å². The van der Waals surface area contributed by atoms with Crippen molar-refractivity contribution in [1.82, 2.24) is 5.32 Å². The number of oxime groups is 1. The fraction of sp³-hybridized carbons (Fsp3) is 0.923. The average molecular weight is 478 g/mol. The third kappa shape index (κ3) is 4.58. The van der Waals surface area contributed by atoms with E-state index in [2.05, 4.69) is 24.3 Å². The van der Waals surface area contributed by atoms with Gasteiger partial charge in [-0.05, 0) is 93.9 Å². The van der Waals surface area contributed by atoms with Crippen molar-refractivity contribution in [3.63, 3.8) is 0 Å². The van der Waals surface area contributed by atoms with Crippen molar-refractivity contribution in [1.29, 1.82) is 5.41 Å². The van der Waals surface area contributed by atoms with Crippen LogP contribution in [0.2, 0.25) is 0 Å². The Bertz CT molecular complexity index is 750. The summed E-state index contributed by atoms with van der Waals surface area (Å²) in [4.78, 5) is 5.40. The highest BCUT2D eigenvalue weighted by molar-refractivity contribution is 5.74. The summed E-state index contributed by atoms with van der Waals surface area (Å²) in [6.07, 6.45) is 13.2. The number of hydrogen-bond acceptors (Lipinski definition) is 6. The van der Waals surface area contributed by atoms with Crippen molar-refractivity contribution in [3.05, 3.63) is 0 Å². The van der Waals surface area contributed by atoms with E-state index in [-0.39, 0.29) is 17.3 Å². The molecule has 0 aromatic rings. The van der Waals surface area contributed by atoms with Crippen LogP contribution in [-0.4, -0.2) is 55.3 Å². The van der Waals surface area contributed by atoms with Crippen molar-refractivity contribution in [2.24, 2.45) is 51.1 Å². The summed E-state index contributed by atoms with van der Waals surface area (Å²) in [5.74, 6) is 1.85. The first-order chi connectivity index (χ1) is 16.2. The second-order valence-corrected chi connectivity index (χ2v) is 11.9. The summed E-state index contributed by atoms with van der Waals surface area (Å²) in [5, 5.41) is 26.4. The van der Waals surface area contributed by atoms with Gasteiger partial charge in [0.2, 0.25) is 0 Å². The van der Waals surface area contributed by atoms with Crippen molar-refractivity contribution in [3.8, 4) is 0 Å². The SMILES string of the molecule is C[C@]12CC[C@H](OCCCN)C[C@H]1CC[C@@H]1[C@@H]2CC[C@]2(C)[C@@H](/C=N/OCCNC(=N)N)CC[C@]12O. The van der Waals surface area contributed by atoms with E-state index in [0.29, 0.717) is 49.0 Å². The molecule has 0 amide bonds. The average Bonchev–Trinajstić information content (AvgIpc) is 3.07. The first-order valence-corrected chi connectivity index (χ1v) is 13.5. The highest BCUT2D eigenvalue weighted by Crippen LogP contribution is 2.68. The van der Waals surface area contributed by atoms with Gasteiger partial charge in [-0.15, -0.1) is 0 Å². The van der Waals surface area contributed by atoms with Crippen LogP contribution in [0, 0.1) is 39.9 Å². The van der Waals surface area contributed by atoms with Crippen molar-refractivity contribution in [2.75, 3.05) is 26.3 Å². The van der Waals surface area contributed by atoms with Gasteiger partial charge in [0.25, 0.3) is 0 Å². The molecule has 0 heterocycles. The molecule has 7 N–H and O–H groups in total. The van der Waals surface area contributed by atoms with Gasteiger partial charge >= 0.3 is 0 Å². The van der Waals surface area contributed by atoms with Gasteiger partial charge in [0, 0.05) is 24.2 Å². The Labute approximate surface area is 205 Å². The number of guanidine groups is 1. The second-order valence-electron chi connectivity index (χ2n) is 11.9. The minimum atomic E-state index is -0.620. The molecule has 8 nitrogen and oxygen atoms in total. The molecule has 0 unspecified atom stereocenters. The zero-order chi connectivity index (χ0) is 24.4. The zero-order valence-corrected chi connectivity index (χ0v) is 21.2. The molecule has 0 spiro atoms. The molecule has 0 saturated heterocycles. The van der Waals surface area contributed by atoms with Gasteiger partial charge < -0.3 is 31.5 Å². The first kappa shape index (κ1) is 25.7. The number of aliphatic hydroxyl groups is 1. The van der Waals surface area contributed by atoms with Gasteiger partial charge in [0.1, 0.15) is 6.61 Å². The van der Waals surface area contributed by atoms with Crippen LogP contribution in [-0.2, 0) is 9.57 Å². The van der Waals surface area contributed by atoms with E-state index < -0.39 is 5.60 Å². The van der Waals surface area contributed by atoms with Gasteiger partial charge in [-0.3, -0.25) is 5.41 Å². The summed E-state index contributed by atoms with van der Waals surface area (Å²) in [6.45, 7) is 7.12. The third-order valence-electron chi connectivity index (χ3n) is 10.4. The van der Waals surface area contributed by atoms with E-state index in [4.69, 9.17) is 26.5 Å². The lowest BCUT2D eigenvalue weighted by Crippen LogP contribution is -2.62. The fourth-order valence-electron chi connectivity index (χ4n) is 8.35. The summed E-state index contributed by atoms with van der Waals surface area (Å²) < 4.78 is 6.17. The van der Waals surface area contributed by atoms with Gasteiger partial charge in [-0.2, -0.15) is 0 Å². The maximum atomic E-state index is 12.3. The Morgan fingerprint density at radius 1 is 1.12 bits per heavy atom. The lowest BCUT2D eigenvalue weighted by Gasteiger charge is -2.63. The highest BCUT2D eigenvalue weighted by Gasteiger charge is 2.67. The predicted molar refractivity (Wildman–Crippen MR) is 134 cm³/mol. The smallest absolute Gasteiger partial charge is 0.185 e. The second kappa shape index (κ2) is 10.3. The molecule has 0 aromatic carbocycles. The molecule has 4 fully saturated rings. The molecule has 0 aromatic heterocycles. The number of nitrogens with zero attached hydrogens (tertiary/aromatic N) is 1. The lowest BCUT2D eigenvalue weighted by atomic mass is 9.43. The molecule has 194 valence electrons. The van der Waals surface area contributed by atoms with Gasteiger partial charge in [0.05, 0.1) is 18.2 Å². The quantitative estimate of drug-likeness (QED) is 0.150. The third-order valence-corrected chi connectivity index (χ3v) is 10.4. The molecule has 0 radical (unpaired) electrons. The number of nitrogens with two attached hydrogens (primary N) is 2. The van der Waals surface area contributed by atoms with Gasteiger partial charge in [-0.25, -0.2) is 0 Å². The summed E-state index contributed by atoms with van der Waals surface area (Å²) >= 11 is 0.